The summed E-state index contributed by atoms with van der Waals surface area (Å²) in [7, 11) is 0. The Morgan fingerprint density at radius 2 is 1.50 bits per heavy atom. The molecule has 0 aliphatic heterocycles. The molecular weight excluding hydrogens is 300 g/mol. The van der Waals surface area contributed by atoms with Gasteiger partial charge in [0.15, 0.2) is 0 Å². The van der Waals surface area contributed by atoms with E-state index >= 15 is 0 Å². The van der Waals surface area contributed by atoms with E-state index < -0.39 is 0 Å². The van der Waals surface area contributed by atoms with Crippen molar-refractivity contribution >= 4 is 23.0 Å². The zero-order valence-corrected chi connectivity index (χ0v) is 12.8. The van der Waals surface area contributed by atoms with Crippen LogP contribution in [0.2, 0.25) is 0 Å². The summed E-state index contributed by atoms with van der Waals surface area (Å²) in [4.78, 5) is 10.8. The van der Waals surface area contributed by atoms with E-state index in [1.165, 1.54) is 0 Å². The number of nitro benzene ring substituents is 1. The molecule has 2 N–H and O–H groups in total. The smallest absolute Gasteiger partial charge is 0.270 e. The lowest BCUT2D eigenvalue weighted by Gasteiger charge is -2.05. The standard InChI is InChI=1S/C20H14N2O2/c21-20-8-4-1-5-13(20)11-18-16-7-3-2-6-15(16)17-10-9-14(22(23)24)12-19(17)18/h1-12H,21H2/b18-11+. The van der Waals surface area contributed by atoms with Crippen LogP contribution < -0.4 is 5.73 Å². The molecule has 0 saturated carbocycles. The molecule has 0 atom stereocenters. The number of rotatable bonds is 2. The molecule has 4 heteroatoms. The van der Waals surface area contributed by atoms with Gasteiger partial charge in [-0.2, -0.15) is 0 Å². The molecule has 4 rings (SSSR count). The first-order valence-corrected chi connectivity index (χ1v) is 7.60. The number of hydrogen-bond donors (Lipinski definition) is 1. The van der Waals surface area contributed by atoms with Gasteiger partial charge in [0.1, 0.15) is 0 Å². The second kappa shape index (κ2) is 5.35. The number of hydrogen-bond acceptors (Lipinski definition) is 3. The predicted octanol–water partition coefficient (Wildman–Crippen LogP) is 4.75. The molecule has 0 fully saturated rings. The Bertz CT molecular complexity index is 1010. The van der Waals surface area contributed by atoms with Crippen LogP contribution in [0.4, 0.5) is 11.4 Å². The van der Waals surface area contributed by atoms with Gasteiger partial charge in [-0.25, -0.2) is 0 Å². The van der Waals surface area contributed by atoms with Crippen molar-refractivity contribution in [2.75, 3.05) is 5.73 Å². The Balaban J connectivity index is 1.99. The van der Waals surface area contributed by atoms with E-state index in [9.17, 15) is 10.1 Å². The van der Waals surface area contributed by atoms with Crippen LogP contribution in [0, 0.1) is 10.1 Å². The van der Waals surface area contributed by atoms with Crippen LogP contribution in [0.25, 0.3) is 22.8 Å². The third kappa shape index (κ3) is 2.16. The number of non-ortho nitro benzene ring substituents is 1. The first-order valence-electron chi connectivity index (χ1n) is 7.60. The molecule has 4 nitrogen and oxygen atoms in total. The molecule has 3 aromatic carbocycles. The van der Waals surface area contributed by atoms with Gasteiger partial charge in [-0.05, 0) is 51.6 Å². The summed E-state index contributed by atoms with van der Waals surface area (Å²) >= 11 is 0. The highest BCUT2D eigenvalue weighted by Gasteiger charge is 2.25. The number of nitrogens with two attached hydrogens (primary N) is 1. The Morgan fingerprint density at radius 1 is 0.833 bits per heavy atom. The fourth-order valence-electron chi connectivity index (χ4n) is 3.15. The summed E-state index contributed by atoms with van der Waals surface area (Å²) < 4.78 is 0. The Labute approximate surface area is 139 Å². The van der Waals surface area contributed by atoms with E-state index in [0.29, 0.717) is 5.69 Å². The molecule has 0 heterocycles. The number of nitrogen functional groups attached to an aromatic ring is 1. The Hall–Kier alpha value is -3.40. The zero-order valence-electron chi connectivity index (χ0n) is 12.8. The van der Waals surface area contributed by atoms with Crippen molar-refractivity contribution in [3.63, 3.8) is 0 Å². The second-order valence-corrected chi connectivity index (χ2v) is 5.72. The van der Waals surface area contributed by atoms with Gasteiger partial charge in [-0.1, -0.05) is 42.5 Å². The lowest BCUT2D eigenvalue weighted by Crippen LogP contribution is -1.91. The third-order valence-corrected chi connectivity index (χ3v) is 4.31. The number of nitrogens with zero attached hydrogens (tertiary/aromatic N) is 1. The minimum absolute atomic E-state index is 0.0912. The zero-order chi connectivity index (χ0) is 16.7. The third-order valence-electron chi connectivity index (χ3n) is 4.31. The monoisotopic (exact) mass is 314 g/mol. The normalized spacial score (nSPS) is 13.6. The quantitative estimate of drug-likeness (QED) is 0.330. The topological polar surface area (TPSA) is 69.2 Å². The van der Waals surface area contributed by atoms with E-state index in [4.69, 9.17) is 5.73 Å². The SMILES string of the molecule is Nc1ccccc1/C=C1\c2ccccc2-c2ccc([N+](=O)[O-])cc21. The summed E-state index contributed by atoms with van der Waals surface area (Å²) in [6.45, 7) is 0. The van der Waals surface area contributed by atoms with Crippen LogP contribution >= 0.6 is 0 Å². The minimum atomic E-state index is -0.363. The molecule has 1 aliphatic carbocycles. The Morgan fingerprint density at radius 3 is 2.25 bits per heavy atom. The van der Waals surface area contributed by atoms with E-state index in [0.717, 1.165) is 33.4 Å². The fraction of sp³-hybridized carbons (Fsp3) is 0. The number of para-hydroxylation sites is 1. The van der Waals surface area contributed by atoms with Crippen molar-refractivity contribution in [3.8, 4) is 11.1 Å². The summed E-state index contributed by atoms with van der Waals surface area (Å²) in [5, 5.41) is 11.2. The highest BCUT2D eigenvalue weighted by atomic mass is 16.6. The molecule has 3 aromatic rings. The molecule has 24 heavy (non-hydrogen) atoms. The molecule has 0 amide bonds. The largest absolute Gasteiger partial charge is 0.398 e. The van der Waals surface area contributed by atoms with Crippen LogP contribution in [0.5, 0.6) is 0 Å². The molecule has 116 valence electrons. The van der Waals surface area contributed by atoms with E-state index in [1.54, 1.807) is 12.1 Å². The van der Waals surface area contributed by atoms with Crippen molar-refractivity contribution in [1.29, 1.82) is 0 Å². The van der Waals surface area contributed by atoms with Gasteiger partial charge in [-0.15, -0.1) is 0 Å². The lowest BCUT2D eigenvalue weighted by atomic mass is 10.00. The number of nitro groups is 1. The lowest BCUT2D eigenvalue weighted by molar-refractivity contribution is -0.384. The molecule has 0 saturated heterocycles. The molecule has 0 aromatic heterocycles. The highest BCUT2D eigenvalue weighted by Crippen LogP contribution is 2.46. The number of fused-ring (bicyclic) bond motifs is 3. The van der Waals surface area contributed by atoms with Gasteiger partial charge in [-0.3, -0.25) is 10.1 Å². The summed E-state index contributed by atoms with van der Waals surface area (Å²) in [6, 6.07) is 20.6. The van der Waals surface area contributed by atoms with Gasteiger partial charge in [0.2, 0.25) is 0 Å². The average Bonchev–Trinajstić information content (AvgIpc) is 2.90. The first kappa shape index (κ1) is 14.2. The van der Waals surface area contributed by atoms with Gasteiger partial charge < -0.3 is 5.73 Å². The highest BCUT2D eigenvalue weighted by molar-refractivity contribution is 6.07. The van der Waals surface area contributed by atoms with E-state index in [1.807, 2.05) is 60.7 Å². The van der Waals surface area contributed by atoms with E-state index in [-0.39, 0.29) is 10.6 Å². The number of anilines is 1. The van der Waals surface area contributed by atoms with E-state index in [2.05, 4.69) is 0 Å². The average molecular weight is 314 g/mol. The van der Waals surface area contributed by atoms with Crippen LogP contribution in [0.1, 0.15) is 16.7 Å². The molecular formula is C20H14N2O2. The predicted molar refractivity (Wildman–Crippen MR) is 96.4 cm³/mol. The summed E-state index contributed by atoms with van der Waals surface area (Å²) in [5.41, 5.74) is 12.7. The molecule has 0 unspecified atom stereocenters. The second-order valence-electron chi connectivity index (χ2n) is 5.72. The minimum Gasteiger partial charge on any atom is -0.398 e. The van der Waals surface area contributed by atoms with Crippen molar-refractivity contribution < 1.29 is 4.92 Å². The Kier molecular flexibility index (Phi) is 3.17. The summed E-state index contributed by atoms with van der Waals surface area (Å²) in [5.74, 6) is 0. The van der Waals surface area contributed by atoms with Crippen molar-refractivity contribution in [2.45, 2.75) is 0 Å². The summed E-state index contributed by atoms with van der Waals surface area (Å²) in [6.07, 6.45) is 2.00. The molecule has 0 spiro atoms. The first-order chi connectivity index (χ1) is 11.6. The molecule has 1 aliphatic rings. The van der Waals surface area contributed by atoms with Gasteiger partial charge >= 0.3 is 0 Å². The fourth-order valence-corrected chi connectivity index (χ4v) is 3.15. The van der Waals surface area contributed by atoms with Crippen LogP contribution in [-0.2, 0) is 0 Å². The van der Waals surface area contributed by atoms with Crippen LogP contribution in [0.15, 0.2) is 66.7 Å². The van der Waals surface area contributed by atoms with Gasteiger partial charge in [0.05, 0.1) is 4.92 Å². The van der Waals surface area contributed by atoms with Crippen molar-refractivity contribution in [3.05, 3.63) is 93.5 Å². The number of benzene rings is 3. The molecule has 0 radical (unpaired) electrons. The van der Waals surface area contributed by atoms with Gasteiger partial charge in [0.25, 0.3) is 5.69 Å². The maximum atomic E-state index is 11.2. The van der Waals surface area contributed by atoms with Crippen LogP contribution in [0.3, 0.4) is 0 Å². The van der Waals surface area contributed by atoms with Crippen LogP contribution in [-0.4, -0.2) is 4.92 Å². The van der Waals surface area contributed by atoms with Gasteiger partial charge in [0, 0.05) is 17.8 Å². The maximum absolute atomic E-state index is 11.2. The van der Waals surface area contributed by atoms with Crippen molar-refractivity contribution in [1.82, 2.24) is 0 Å². The maximum Gasteiger partial charge on any atom is 0.270 e. The molecule has 0 bridgehead atoms. The van der Waals surface area contributed by atoms with Crippen molar-refractivity contribution in [2.24, 2.45) is 0 Å².